The number of rotatable bonds is 8. The molecule has 0 bridgehead atoms. The van der Waals surface area contributed by atoms with E-state index in [4.69, 9.17) is 21.2 Å². The third-order valence-electron chi connectivity index (χ3n) is 4.73. The molecular formula is C20H24BrN5O7. The number of nitro benzene ring substituents is 1. The SMILES string of the molecule is CCC(OC(=O)NN)(OC(=O)NN)c1ccc([N+](=O)[O-])c(-c2cc(Br)ccc2CC(C)O)c1. The molecule has 2 amide bonds. The number of hydrogen-bond acceptors (Lipinski definition) is 9. The van der Waals surface area contributed by atoms with Crippen LogP contribution in [0.15, 0.2) is 40.9 Å². The van der Waals surface area contributed by atoms with Gasteiger partial charge in [-0.1, -0.05) is 28.9 Å². The molecule has 7 N–H and O–H groups in total. The van der Waals surface area contributed by atoms with Crippen LogP contribution in [0.4, 0.5) is 15.3 Å². The Morgan fingerprint density at radius 1 is 1.15 bits per heavy atom. The first-order chi connectivity index (χ1) is 15.6. The quantitative estimate of drug-likeness (QED) is 0.113. The molecule has 0 saturated heterocycles. The van der Waals surface area contributed by atoms with Gasteiger partial charge in [0.25, 0.3) is 11.5 Å². The maximum absolute atomic E-state index is 11.9. The highest BCUT2D eigenvalue weighted by Gasteiger charge is 2.40. The van der Waals surface area contributed by atoms with Crippen LogP contribution in [-0.2, 0) is 21.7 Å². The summed E-state index contributed by atoms with van der Waals surface area (Å²) in [7, 11) is 0. The molecule has 178 valence electrons. The van der Waals surface area contributed by atoms with E-state index in [9.17, 15) is 24.8 Å². The van der Waals surface area contributed by atoms with Gasteiger partial charge in [-0.3, -0.25) is 21.0 Å². The number of aliphatic hydroxyl groups is 1. The van der Waals surface area contributed by atoms with Crippen LogP contribution >= 0.6 is 15.9 Å². The summed E-state index contributed by atoms with van der Waals surface area (Å²) >= 11 is 3.36. The lowest BCUT2D eigenvalue weighted by Crippen LogP contribution is -2.45. The minimum absolute atomic E-state index is 0.0793. The number of hydrazine groups is 2. The van der Waals surface area contributed by atoms with Gasteiger partial charge in [-0.25, -0.2) is 21.3 Å². The molecule has 1 unspecified atom stereocenters. The summed E-state index contributed by atoms with van der Waals surface area (Å²) in [6.45, 7) is 3.16. The van der Waals surface area contributed by atoms with Crippen molar-refractivity contribution in [1.29, 1.82) is 0 Å². The summed E-state index contributed by atoms with van der Waals surface area (Å²) in [6.07, 6.45) is -2.79. The van der Waals surface area contributed by atoms with Gasteiger partial charge in [0.2, 0.25) is 0 Å². The maximum Gasteiger partial charge on any atom is 0.424 e. The van der Waals surface area contributed by atoms with E-state index in [0.29, 0.717) is 15.6 Å². The van der Waals surface area contributed by atoms with E-state index in [1.165, 1.54) is 18.2 Å². The Bertz CT molecular complexity index is 1030. The van der Waals surface area contributed by atoms with Crippen LogP contribution in [0.3, 0.4) is 0 Å². The van der Waals surface area contributed by atoms with E-state index in [1.807, 2.05) is 0 Å². The Kier molecular flexibility index (Phi) is 8.70. The number of halogens is 1. The van der Waals surface area contributed by atoms with E-state index in [2.05, 4.69) is 15.9 Å². The summed E-state index contributed by atoms with van der Waals surface area (Å²) in [4.78, 5) is 35.1. The first kappa shape index (κ1) is 26.0. The number of carbonyl (C=O) groups is 2. The number of hydrogen-bond donors (Lipinski definition) is 5. The monoisotopic (exact) mass is 525 g/mol. The Morgan fingerprint density at radius 3 is 2.24 bits per heavy atom. The first-order valence-electron chi connectivity index (χ1n) is 9.71. The van der Waals surface area contributed by atoms with E-state index in [-0.39, 0.29) is 29.7 Å². The third kappa shape index (κ3) is 6.16. The highest BCUT2D eigenvalue weighted by Crippen LogP contribution is 2.40. The summed E-state index contributed by atoms with van der Waals surface area (Å²) in [6, 6.07) is 9.02. The number of amides is 2. The normalized spacial score (nSPS) is 11.9. The molecule has 0 fully saturated rings. The Morgan fingerprint density at radius 2 is 1.76 bits per heavy atom. The molecule has 2 aromatic carbocycles. The molecule has 0 aliphatic carbocycles. The van der Waals surface area contributed by atoms with Crippen molar-refractivity contribution in [1.82, 2.24) is 10.9 Å². The van der Waals surface area contributed by atoms with Crippen LogP contribution in [0.25, 0.3) is 11.1 Å². The maximum atomic E-state index is 11.9. The zero-order valence-corrected chi connectivity index (χ0v) is 19.4. The van der Waals surface area contributed by atoms with Crippen LogP contribution in [0.5, 0.6) is 0 Å². The standard InChI is InChI=1S/C20H24BrN5O7/c1-3-20(32-18(28)24-22,33-19(29)25-23)13-5-7-17(26(30)31)16(9-13)15-10-14(21)6-4-12(15)8-11(2)27/h4-7,9-11,27H,3,8,22-23H2,1-2H3,(H,24,28)(H,25,29). The number of ether oxygens (including phenoxy) is 2. The highest BCUT2D eigenvalue weighted by molar-refractivity contribution is 9.10. The number of aliphatic hydroxyl groups excluding tert-OH is 1. The van der Waals surface area contributed by atoms with Crippen LogP contribution in [0.2, 0.25) is 0 Å². The Labute approximate surface area is 197 Å². The van der Waals surface area contributed by atoms with Crippen LogP contribution in [0.1, 0.15) is 31.4 Å². The molecule has 2 aromatic rings. The molecule has 0 aliphatic rings. The molecule has 13 heteroatoms. The van der Waals surface area contributed by atoms with E-state index in [1.54, 1.807) is 42.9 Å². The van der Waals surface area contributed by atoms with Gasteiger partial charge in [-0.05, 0) is 48.7 Å². The van der Waals surface area contributed by atoms with Gasteiger partial charge in [0.05, 0.1) is 16.6 Å². The molecule has 0 saturated carbocycles. The topological polar surface area (TPSA) is 192 Å². The molecule has 0 aromatic heterocycles. The van der Waals surface area contributed by atoms with E-state index < -0.39 is 29.0 Å². The van der Waals surface area contributed by atoms with Gasteiger partial charge in [0, 0.05) is 22.5 Å². The van der Waals surface area contributed by atoms with Gasteiger partial charge < -0.3 is 14.6 Å². The Balaban J connectivity index is 2.81. The van der Waals surface area contributed by atoms with Crippen molar-refractivity contribution >= 4 is 33.8 Å². The van der Waals surface area contributed by atoms with Gasteiger partial charge in [-0.2, -0.15) is 0 Å². The lowest BCUT2D eigenvalue weighted by Gasteiger charge is -2.32. The molecule has 0 heterocycles. The fraction of sp³-hybridized carbons (Fsp3) is 0.300. The second-order valence-corrected chi connectivity index (χ2v) is 7.93. The van der Waals surface area contributed by atoms with Crippen molar-refractivity contribution in [3.8, 4) is 11.1 Å². The molecule has 33 heavy (non-hydrogen) atoms. The fourth-order valence-corrected chi connectivity index (χ4v) is 3.65. The number of benzene rings is 2. The first-order valence-corrected chi connectivity index (χ1v) is 10.5. The predicted octanol–water partition coefficient (Wildman–Crippen LogP) is 2.71. The largest absolute Gasteiger partial charge is 0.424 e. The minimum atomic E-state index is -2.01. The average molecular weight is 526 g/mol. The summed E-state index contributed by atoms with van der Waals surface area (Å²) in [5.74, 6) is 8.23. The molecule has 0 radical (unpaired) electrons. The summed E-state index contributed by atoms with van der Waals surface area (Å²) in [5, 5.41) is 21.7. The molecule has 0 aliphatic heterocycles. The summed E-state index contributed by atoms with van der Waals surface area (Å²) in [5.41, 5.74) is 4.67. The van der Waals surface area contributed by atoms with Crippen LogP contribution in [-0.4, -0.2) is 28.3 Å². The summed E-state index contributed by atoms with van der Waals surface area (Å²) < 4.78 is 11.2. The van der Waals surface area contributed by atoms with Crippen molar-refractivity contribution in [3.63, 3.8) is 0 Å². The van der Waals surface area contributed by atoms with Gasteiger partial charge >= 0.3 is 12.2 Å². The minimum Gasteiger partial charge on any atom is -0.401 e. The van der Waals surface area contributed by atoms with E-state index in [0.717, 1.165) is 0 Å². The molecule has 0 spiro atoms. The zero-order valence-electron chi connectivity index (χ0n) is 17.8. The van der Waals surface area contributed by atoms with Gasteiger partial charge in [-0.15, -0.1) is 0 Å². The van der Waals surface area contributed by atoms with Crippen LogP contribution < -0.4 is 22.5 Å². The molecule has 12 nitrogen and oxygen atoms in total. The number of nitro groups is 1. The third-order valence-corrected chi connectivity index (χ3v) is 5.22. The number of nitrogens with one attached hydrogen (secondary N) is 2. The predicted molar refractivity (Wildman–Crippen MR) is 121 cm³/mol. The van der Waals surface area contributed by atoms with E-state index >= 15 is 0 Å². The van der Waals surface area contributed by atoms with Crippen molar-refractivity contribution in [3.05, 3.63) is 62.1 Å². The fourth-order valence-electron chi connectivity index (χ4n) is 3.29. The second kappa shape index (κ2) is 11.0. The van der Waals surface area contributed by atoms with Crippen molar-refractivity contribution in [2.75, 3.05) is 0 Å². The van der Waals surface area contributed by atoms with Gasteiger partial charge in [0.1, 0.15) is 0 Å². The zero-order chi connectivity index (χ0) is 24.8. The molecule has 1 atom stereocenters. The highest BCUT2D eigenvalue weighted by atomic mass is 79.9. The van der Waals surface area contributed by atoms with Crippen molar-refractivity contribution < 1.29 is 29.1 Å². The Hall–Kier alpha value is -3.26. The second-order valence-electron chi connectivity index (χ2n) is 7.02. The lowest BCUT2D eigenvalue weighted by atomic mass is 9.91. The number of nitrogens with zero attached hydrogens (tertiary/aromatic N) is 1. The van der Waals surface area contributed by atoms with Crippen LogP contribution in [0, 0.1) is 10.1 Å². The number of carbonyl (C=O) groups excluding carboxylic acids is 2. The molecule has 2 rings (SSSR count). The number of nitrogens with two attached hydrogens (primary N) is 2. The lowest BCUT2D eigenvalue weighted by molar-refractivity contribution is -0.384. The van der Waals surface area contributed by atoms with Crippen molar-refractivity contribution in [2.45, 2.75) is 38.6 Å². The average Bonchev–Trinajstić information content (AvgIpc) is 2.78. The van der Waals surface area contributed by atoms with Crippen molar-refractivity contribution in [2.24, 2.45) is 11.7 Å². The molecular weight excluding hydrogens is 502 g/mol. The van der Waals surface area contributed by atoms with Gasteiger partial charge in [0.15, 0.2) is 0 Å². The smallest absolute Gasteiger partial charge is 0.401 e.